The van der Waals surface area contributed by atoms with Gasteiger partial charge in [-0.2, -0.15) is 5.10 Å². The summed E-state index contributed by atoms with van der Waals surface area (Å²) >= 11 is 0. The number of carbonyl (C=O) groups is 1. The summed E-state index contributed by atoms with van der Waals surface area (Å²) in [6.45, 7) is 0. The number of halogens is 3. The van der Waals surface area contributed by atoms with Crippen molar-refractivity contribution < 1.29 is 18.0 Å². The lowest BCUT2D eigenvalue weighted by Crippen LogP contribution is -2.13. The van der Waals surface area contributed by atoms with Gasteiger partial charge in [0.25, 0.3) is 0 Å². The summed E-state index contributed by atoms with van der Waals surface area (Å²) in [7, 11) is 0. The van der Waals surface area contributed by atoms with Crippen LogP contribution in [0.2, 0.25) is 0 Å². The van der Waals surface area contributed by atoms with E-state index in [9.17, 15) is 18.0 Å². The zero-order valence-corrected chi connectivity index (χ0v) is 9.79. The molecular formula is C13H9F3N2O. The van der Waals surface area contributed by atoms with E-state index in [1.807, 2.05) is 0 Å². The molecule has 0 spiro atoms. The second kappa shape index (κ2) is 4.22. The molecule has 1 aromatic carbocycles. The van der Waals surface area contributed by atoms with Gasteiger partial charge in [-0.3, -0.25) is 4.79 Å². The van der Waals surface area contributed by atoms with Crippen LogP contribution >= 0.6 is 0 Å². The average molecular weight is 266 g/mol. The SMILES string of the molecule is O=C1CCCc2c1cnn2-c1cc(F)c(F)cc1F. The van der Waals surface area contributed by atoms with Gasteiger partial charge in [-0.05, 0) is 12.8 Å². The van der Waals surface area contributed by atoms with Crippen molar-refractivity contribution in [2.45, 2.75) is 19.3 Å². The first-order chi connectivity index (χ1) is 9.08. The Morgan fingerprint density at radius 1 is 1.05 bits per heavy atom. The minimum atomic E-state index is -1.25. The Bertz CT molecular complexity index is 679. The van der Waals surface area contributed by atoms with Gasteiger partial charge in [0.05, 0.1) is 17.5 Å². The smallest absolute Gasteiger partial charge is 0.166 e. The topological polar surface area (TPSA) is 34.9 Å². The standard InChI is InChI=1S/C13H9F3N2O/c14-8-4-10(16)12(5-9(8)15)18-11-2-1-3-13(19)7(11)6-17-18/h4-6H,1-3H2. The van der Waals surface area contributed by atoms with Gasteiger partial charge < -0.3 is 0 Å². The highest BCUT2D eigenvalue weighted by molar-refractivity contribution is 5.98. The normalized spacial score (nSPS) is 14.6. The van der Waals surface area contributed by atoms with Crippen molar-refractivity contribution in [3.05, 3.63) is 47.0 Å². The maximum atomic E-state index is 13.7. The predicted octanol–water partition coefficient (Wildman–Crippen LogP) is 2.81. The molecule has 1 aliphatic rings. The van der Waals surface area contributed by atoms with Crippen molar-refractivity contribution in [1.82, 2.24) is 9.78 Å². The van der Waals surface area contributed by atoms with Crippen LogP contribution in [0.1, 0.15) is 28.9 Å². The number of fused-ring (bicyclic) bond motifs is 1. The van der Waals surface area contributed by atoms with Crippen LogP contribution in [0.25, 0.3) is 5.69 Å². The quantitative estimate of drug-likeness (QED) is 0.744. The molecule has 0 atom stereocenters. The molecular weight excluding hydrogens is 257 g/mol. The first-order valence-corrected chi connectivity index (χ1v) is 5.83. The molecule has 0 unspecified atom stereocenters. The third-order valence-corrected chi connectivity index (χ3v) is 3.20. The van der Waals surface area contributed by atoms with Crippen LogP contribution < -0.4 is 0 Å². The molecule has 0 saturated carbocycles. The minimum absolute atomic E-state index is 0.0597. The molecule has 3 nitrogen and oxygen atoms in total. The maximum absolute atomic E-state index is 13.7. The zero-order valence-electron chi connectivity index (χ0n) is 9.79. The number of nitrogens with zero attached hydrogens (tertiary/aromatic N) is 2. The molecule has 98 valence electrons. The third kappa shape index (κ3) is 1.83. The van der Waals surface area contributed by atoms with E-state index >= 15 is 0 Å². The molecule has 6 heteroatoms. The van der Waals surface area contributed by atoms with Crippen LogP contribution in [0.3, 0.4) is 0 Å². The first-order valence-electron chi connectivity index (χ1n) is 5.83. The number of hydrogen-bond acceptors (Lipinski definition) is 2. The van der Waals surface area contributed by atoms with E-state index in [4.69, 9.17) is 0 Å². The van der Waals surface area contributed by atoms with Crippen molar-refractivity contribution in [3.8, 4) is 5.69 Å². The molecule has 0 bridgehead atoms. The number of rotatable bonds is 1. The molecule has 2 aromatic rings. The highest BCUT2D eigenvalue weighted by atomic mass is 19.2. The van der Waals surface area contributed by atoms with E-state index in [2.05, 4.69) is 5.10 Å². The summed E-state index contributed by atoms with van der Waals surface area (Å²) in [5, 5.41) is 3.92. The van der Waals surface area contributed by atoms with Gasteiger partial charge in [0.2, 0.25) is 0 Å². The first kappa shape index (κ1) is 12.0. The van der Waals surface area contributed by atoms with Gasteiger partial charge in [0.1, 0.15) is 5.69 Å². The van der Waals surface area contributed by atoms with E-state index in [-0.39, 0.29) is 11.5 Å². The maximum Gasteiger partial charge on any atom is 0.166 e. The molecule has 0 radical (unpaired) electrons. The average Bonchev–Trinajstić information content (AvgIpc) is 2.79. The molecule has 0 amide bonds. The number of aromatic nitrogens is 2. The molecule has 1 heterocycles. The Morgan fingerprint density at radius 2 is 1.79 bits per heavy atom. The Labute approximate surface area is 106 Å². The Morgan fingerprint density at radius 3 is 2.58 bits per heavy atom. The van der Waals surface area contributed by atoms with Gasteiger partial charge in [-0.1, -0.05) is 0 Å². The largest absolute Gasteiger partial charge is 0.294 e. The fraction of sp³-hybridized carbons (Fsp3) is 0.231. The lowest BCUT2D eigenvalue weighted by Gasteiger charge is -2.13. The van der Waals surface area contributed by atoms with Crippen LogP contribution in [0.15, 0.2) is 18.3 Å². The minimum Gasteiger partial charge on any atom is -0.294 e. The lowest BCUT2D eigenvalue weighted by molar-refractivity contribution is 0.0972. The summed E-state index contributed by atoms with van der Waals surface area (Å²) in [6, 6.07) is 1.22. The number of Topliss-reactive ketones (excluding diaryl/α,β-unsaturated/α-hetero) is 1. The van der Waals surface area contributed by atoms with E-state index in [1.54, 1.807) is 0 Å². The zero-order chi connectivity index (χ0) is 13.6. The Kier molecular flexibility index (Phi) is 2.66. The van der Waals surface area contributed by atoms with Crippen molar-refractivity contribution in [3.63, 3.8) is 0 Å². The second-order valence-corrected chi connectivity index (χ2v) is 4.41. The third-order valence-electron chi connectivity index (χ3n) is 3.20. The van der Waals surface area contributed by atoms with Gasteiger partial charge in [0.15, 0.2) is 23.2 Å². The molecule has 0 N–H and O–H groups in total. The van der Waals surface area contributed by atoms with Crippen LogP contribution in [0, 0.1) is 17.5 Å². The fourth-order valence-corrected chi connectivity index (χ4v) is 2.28. The summed E-state index contributed by atoms with van der Waals surface area (Å²) in [5.41, 5.74) is 0.784. The van der Waals surface area contributed by atoms with E-state index in [0.717, 1.165) is 6.07 Å². The van der Waals surface area contributed by atoms with Gasteiger partial charge in [0, 0.05) is 18.6 Å². The summed E-state index contributed by atoms with van der Waals surface area (Å²) in [4.78, 5) is 11.7. The Balaban J connectivity index is 2.18. The van der Waals surface area contributed by atoms with E-state index < -0.39 is 17.5 Å². The van der Waals surface area contributed by atoms with Crippen LogP contribution in [0.5, 0.6) is 0 Å². The van der Waals surface area contributed by atoms with E-state index in [1.165, 1.54) is 10.9 Å². The van der Waals surface area contributed by atoms with Crippen molar-refractivity contribution in [2.24, 2.45) is 0 Å². The summed E-state index contributed by atoms with van der Waals surface area (Å²) < 4.78 is 41.0. The summed E-state index contributed by atoms with van der Waals surface area (Å²) in [6.07, 6.45) is 2.97. The second-order valence-electron chi connectivity index (χ2n) is 4.41. The molecule has 1 aromatic heterocycles. The molecule has 1 aliphatic carbocycles. The van der Waals surface area contributed by atoms with Gasteiger partial charge in [-0.15, -0.1) is 0 Å². The van der Waals surface area contributed by atoms with Crippen LogP contribution in [0.4, 0.5) is 13.2 Å². The Hall–Kier alpha value is -2.11. The van der Waals surface area contributed by atoms with Gasteiger partial charge in [-0.25, -0.2) is 17.9 Å². The highest BCUT2D eigenvalue weighted by Gasteiger charge is 2.24. The van der Waals surface area contributed by atoms with Crippen molar-refractivity contribution in [2.75, 3.05) is 0 Å². The number of carbonyl (C=O) groups excluding carboxylic acids is 1. The molecule has 0 aliphatic heterocycles. The molecule has 3 rings (SSSR count). The molecule has 0 fully saturated rings. The molecule has 0 saturated heterocycles. The lowest BCUT2D eigenvalue weighted by atomic mass is 9.97. The number of hydrogen-bond donors (Lipinski definition) is 0. The predicted molar refractivity (Wildman–Crippen MR) is 60.7 cm³/mol. The number of ketones is 1. The van der Waals surface area contributed by atoms with E-state index in [0.29, 0.717) is 36.6 Å². The van der Waals surface area contributed by atoms with Gasteiger partial charge >= 0.3 is 0 Å². The highest BCUT2D eigenvalue weighted by Crippen LogP contribution is 2.25. The fourth-order valence-electron chi connectivity index (χ4n) is 2.28. The monoisotopic (exact) mass is 266 g/mol. The summed E-state index contributed by atoms with van der Waals surface area (Å²) in [5.74, 6) is -3.38. The number of benzene rings is 1. The van der Waals surface area contributed by atoms with Crippen LogP contribution in [-0.4, -0.2) is 15.6 Å². The van der Waals surface area contributed by atoms with Crippen molar-refractivity contribution in [1.29, 1.82) is 0 Å². The van der Waals surface area contributed by atoms with Crippen molar-refractivity contribution >= 4 is 5.78 Å². The van der Waals surface area contributed by atoms with Crippen LogP contribution in [-0.2, 0) is 6.42 Å². The molecule has 19 heavy (non-hydrogen) atoms.